The van der Waals surface area contributed by atoms with E-state index in [0.717, 1.165) is 12.0 Å². The first-order valence-corrected chi connectivity index (χ1v) is 6.66. The van der Waals surface area contributed by atoms with E-state index in [2.05, 4.69) is 0 Å². The number of amides is 1. The van der Waals surface area contributed by atoms with Gasteiger partial charge in [0.25, 0.3) is 0 Å². The summed E-state index contributed by atoms with van der Waals surface area (Å²) in [5.41, 5.74) is 0.927. The second-order valence-electron chi connectivity index (χ2n) is 4.90. The molecule has 1 amide bonds. The molecule has 0 bridgehead atoms. The number of benzene rings is 1. The lowest BCUT2D eigenvalue weighted by Crippen LogP contribution is -2.30. The average molecular weight is 282 g/mol. The lowest BCUT2D eigenvalue weighted by molar-refractivity contribution is -0.138. The van der Waals surface area contributed by atoms with Crippen molar-refractivity contribution in [2.45, 2.75) is 19.3 Å². The second kappa shape index (κ2) is 6.06. The van der Waals surface area contributed by atoms with Gasteiger partial charge in [-0.15, -0.1) is 0 Å². The number of carboxylic acids is 1. The summed E-state index contributed by atoms with van der Waals surface area (Å²) in [4.78, 5) is 24.5. The normalized spacial score (nSPS) is 18.6. The van der Waals surface area contributed by atoms with E-state index in [1.807, 2.05) is 12.1 Å². The summed E-state index contributed by atoms with van der Waals surface area (Å²) in [7, 11) is 0. The predicted octanol–water partition coefficient (Wildman–Crippen LogP) is 2.21. The molecule has 1 unspecified atom stereocenters. The molecule has 4 nitrogen and oxygen atoms in total. The molecule has 0 radical (unpaired) electrons. The van der Waals surface area contributed by atoms with Gasteiger partial charge in [-0.3, -0.25) is 9.59 Å². The van der Waals surface area contributed by atoms with Crippen LogP contribution >= 0.6 is 11.6 Å². The van der Waals surface area contributed by atoms with E-state index in [1.165, 1.54) is 0 Å². The standard InChI is InChI=1S/C14H16ClNO3/c15-12-3-1-10(2-4-12)7-13(17)16-6-5-11(9-16)8-14(18)19/h1-4,11H,5-9H2,(H,18,19). The Morgan fingerprint density at radius 2 is 2.00 bits per heavy atom. The van der Waals surface area contributed by atoms with Crippen LogP contribution in [0.5, 0.6) is 0 Å². The van der Waals surface area contributed by atoms with E-state index in [0.29, 0.717) is 24.5 Å². The lowest BCUT2D eigenvalue weighted by atomic mass is 10.1. The number of hydrogen-bond donors (Lipinski definition) is 1. The van der Waals surface area contributed by atoms with Gasteiger partial charge in [0.15, 0.2) is 0 Å². The Hall–Kier alpha value is -1.55. The number of likely N-dealkylation sites (tertiary alicyclic amines) is 1. The van der Waals surface area contributed by atoms with Crippen LogP contribution in [-0.2, 0) is 16.0 Å². The molecule has 5 heteroatoms. The summed E-state index contributed by atoms with van der Waals surface area (Å²) in [6, 6.07) is 7.21. The van der Waals surface area contributed by atoms with Crippen molar-refractivity contribution in [2.24, 2.45) is 5.92 Å². The SMILES string of the molecule is O=C(O)CC1CCN(C(=O)Cc2ccc(Cl)cc2)C1. The molecule has 1 atom stereocenters. The summed E-state index contributed by atoms with van der Waals surface area (Å²) in [5.74, 6) is -0.654. The van der Waals surface area contributed by atoms with Crippen molar-refractivity contribution in [2.75, 3.05) is 13.1 Å². The monoisotopic (exact) mass is 281 g/mol. The Morgan fingerprint density at radius 3 is 2.63 bits per heavy atom. The number of aliphatic carboxylic acids is 1. The van der Waals surface area contributed by atoms with Crippen LogP contribution < -0.4 is 0 Å². The van der Waals surface area contributed by atoms with Gasteiger partial charge < -0.3 is 10.0 Å². The maximum Gasteiger partial charge on any atom is 0.303 e. The molecule has 2 rings (SSSR count). The smallest absolute Gasteiger partial charge is 0.303 e. The van der Waals surface area contributed by atoms with E-state index in [-0.39, 0.29) is 18.2 Å². The summed E-state index contributed by atoms with van der Waals surface area (Å²) < 4.78 is 0. The zero-order valence-electron chi connectivity index (χ0n) is 10.5. The van der Waals surface area contributed by atoms with Crippen molar-refractivity contribution in [1.29, 1.82) is 0 Å². The highest BCUT2D eigenvalue weighted by Gasteiger charge is 2.27. The molecule has 1 N–H and O–H groups in total. The largest absolute Gasteiger partial charge is 0.481 e. The number of carbonyl (C=O) groups excluding carboxylic acids is 1. The van der Waals surface area contributed by atoms with Crippen molar-refractivity contribution < 1.29 is 14.7 Å². The predicted molar refractivity (Wildman–Crippen MR) is 72.1 cm³/mol. The van der Waals surface area contributed by atoms with Crippen LogP contribution in [0.3, 0.4) is 0 Å². The minimum atomic E-state index is -0.794. The number of carboxylic acid groups (broad SMARTS) is 1. The third-order valence-corrected chi connectivity index (χ3v) is 3.62. The fourth-order valence-corrected chi connectivity index (χ4v) is 2.49. The van der Waals surface area contributed by atoms with E-state index >= 15 is 0 Å². The molecule has 0 saturated carbocycles. The molecule has 102 valence electrons. The maximum absolute atomic E-state index is 12.1. The van der Waals surface area contributed by atoms with Gasteiger partial charge in [0.2, 0.25) is 5.91 Å². The van der Waals surface area contributed by atoms with Gasteiger partial charge >= 0.3 is 5.97 Å². The second-order valence-corrected chi connectivity index (χ2v) is 5.33. The average Bonchev–Trinajstić information content (AvgIpc) is 2.80. The van der Waals surface area contributed by atoms with Crippen LogP contribution in [0.1, 0.15) is 18.4 Å². The molecule has 0 aliphatic carbocycles. The summed E-state index contributed by atoms with van der Waals surface area (Å²) >= 11 is 5.79. The van der Waals surface area contributed by atoms with Gasteiger partial charge in [-0.05, 0) is 30.0 Å². The molecule has 1 aromatic rings. The fourth-order valence-electron chi connectivity index (χ4n) is 2.36. The van der Waals surface area contributed by atoms with Crippen LogP contribution in [0.2, 0.25) is 5.02 Å². The van der Waals surface area contributed by atoms with Gasteiger partial charge in [0, 0.05) is 24.5 Å². The molecule has 1 aromatic carbocycles. The van der Waals surface area contributed by atoms with E-state index in [9.17, 15) is 9.59 Å². The quantitative estimate of drug-likeness (QED) is 0.920. The number of halogens is 1. The molecule has 1 saturated heterocycles. The van der Waals surface area contributed by atoms with E-state index in [1.54, 1.807) is 17.0 Å². The van der Waals surface area contributed by atoms with E-state index < -0.39 is 5.97 Å². The summed E-state index contributed by atoms with van der Waals surface area (Å²) in [5, 5.41) is 9.40. The minimum absolute atomic E-state index is 0.0511. The van der Waals surface area contributed by atoms with Gasteiger partial charge in [-0.1, -0.05) is 23.7 Å². The number of rotatable bonds is 4. The molecular weight excluding hydrogens is 266 g/mol. The van der Waals surface area contributed by atoms with Crippen LogP contribution in [0.4, 0.5) is 0 Å². The first-order chi connectivity index (χ1) is 9.04. The van der Waals surface area contributed by atoms with Crippen molar-refractivity contribution in [1.82, 2.24) is 4.90 Å². The third kappa shape index (κ3) is 3.96. The van der Waals surface area contributed by atoms with Crippen molar-refractivity contribution in [3.8, 4) is 0 Å². The molecule has 1 fully saturated rings. The van der Waals surface area contributed by atoms with Crippen LogP contribution in [0.25, 0.3) is 0 Å². The Morgan fingerprint density at radius 1 is 1.32 bits per heavy atom. The van der Waals surface area contributed by atoms with Crippen LogP contribution in [-0.4, -0.2) is 35.0 Å². The molecule has 1 heterocycles. The highest BCUT2D eigenvalue weighted by Crippen LogP contribution is 2.20. The van der Waals surface area contributed by atoms with Crippen molar-refractivity contribution in [3.05, 3.63) is 34.9 Å². The zero-order valence-corrected chi connectivity index (χ0v) is 11.3. The van der Waals surface area contributed by atoms with Gasteiger partial charge in [-0.25, -0.2) is 0 Å². The summed E-state index contributed by atoms with van der Waals surface area (Å²) in [6.45, 7) is 1.21. The third-order valence-electron chi connectivity index (χ3n) is 3.37. The van der Waals surface area contributed by atoms with Crippen molar-refractivity contribution >= 4 is 23.5 Å². The maximum atomic E-state index is 12.1. The zero-order chi connectivity index (χ0) is 13.8. The molecule has 1 aliphatic heterocycles. The van der Waals surface area contributed by atoms with Crippen LogP contribution in [0, 0.1) is 5.92 Å². The first kappa shape index (κ1) is 13.9. The molecule has 19 heavy (non-hydrogen) atoms. The molecule has 1 aliphatic rings. The van der Waals surface area contributed by atoms with Crippen molar-refractivity contribution in [3.63, 3.8) is 0 Å². The topological polar surface area (TPSA) is 57.6 Å². The molecule has 0 aromatic heterocycles. The minimum Gasteiger partial charge on any atom is -0.481 e. The lowest BCUT2D eigenvalue weighted by Gasteiger charge is -2.16. The molecule has 0 spiro atoms. The highest BCUT2D eigenvalue weighted by atomic mass is 35.5. The molecular formula is C14H16ClNO3. The Kier molecular flexibility index (Phi) is 4.43. The Balaban J connectivity index is 1.87. The fraction of sp³-hybridized carbons (Fsp3) is 0.429. The number of nitrogens with zero attached hydrogens (tertiary/aromatic N) is 1. The Bertz CT molecular complexity index is 472. The number of carbonyl (C=O) groups is 2. The first-order valence-electron chi connectivity index (χ1n) is 6.28. The van der Waals surface area contributed by atoms with E-state index in [4.69, 9.17) is 16.7 Å². The van der Waals surface area contributed by atoms with Gasteiger partial charge in [0.05, 0.1) is 6.42 Å². The van der Waals surface area contributed by atoms with Crippen LogP contribution in [0.15, 0.2) is 24.3 Å². The summed E-state index contributed by atoms with van der Waals surface area (Å²) in [6.07, 6.45) is 1.26. The van der Waals surface area contributed by atoms with Gasteiger partial charge in [-0.2, -0.15) is 0 Å². The Labute approximate surface area is 117 Å². The van der Waals surface area contributed by atoms with Gasteiger partial charge in [0.1, 0.15) is 0 Å². The highest BCUT2D eigenvalue weighted by molar-refractivity contribution is 6.30. The number of hydrogen-bond acceptors (Lipinski definition) is 2.